The Balaban J connectivity index is 1.55. The lowest BCUT2D eigenvalue weighted by Crippen LogP contribution is -2.26. The highest BCUT2D eigenvalue weighted by Gasteiger charge is 2.17. The molecule has 0 bridgehead atoms. The molecule has 4 rings (SSSR count). The average Bonchev–Trinajstić information content (AvgIpc) is 3.39. The highest BCUT2D eigenvalue weighted by Crippen LogP contribution is 2.29. The van der Waals surface area contributed by atoms with Crippen LogP contribution in [0.4, 0.5) is 0 Å². The molecular formula is C24H24N6O2. The molecule has 2 heterocycles. The molecule has 0 radical (unpaired) electrons. The summed E-state index contributed by atoms with van der Waals surface area (Å²) in [5.41, 5.74) is 7.20. The number of hydroxylamine groups is 1. The number of tetrazole rings is 1. The van der Waals surface area contributed by atoms with Crippen LogP contribution in [0.25, 0.3) is 22.5 Å². The zero-order chi connectivity index (χ0) is 22.2. The smallest absolute Gasteiger partial charge is 0.243 e. The van der Waals surface area contributed by atoms with Gasteiger partial charge in [0.25, 0.3) is 0 Å². The maximum absolute atomic E-state index is 12.1. The van der Waals surface area contributed by atoms with E-state index in [2.05, 4.69) is 38.0 Å². The number of carbonyl (C=O) groups excluding carboxylic acids is 1. The zero-order valence-corrected chi connectivity index (χ0v) is 17.7. The number of aromatic nitrogens is 5. The molecule has 2 aromatic carbocycles. The van der Waals surface area contributed by atoms with Crippen molar-refractivity contribution >= 4 is 5.91 Å². The largest absolute Gasteiger partial charge is 0.273 e. The van der Waals surface area contributed by atoms with Gasteiger partial charge in [-0.25, -0.2) is 5.48 Å². The number of H-pyrrole nitrogens is 1. The summed E-state index contributed by atoms with van der Waals surface area (Å²) in [6.45, 7) is 2.05. The zero-order valence-electron chi connectivity index (χ0n) is 17.7. The van der Waals surface area contributed by atoms with Gasteiger partial charge < -0.3 is 0 Å². The van der Waals surface area contributed by atoms with Crippen LogP contribution in [0, 0.1) is 0 Å². The van der Waals surface area contributed by atoms with Gasteiger partial charge in [-0.05, 0) is 34.4 Å². The minimum atomic E-state index is -0.417. The van der Waals surface area contributed by atoms with E-state index >= 15 is 0 Å². The van der Waals surface area contributed by atoms with E-state index in [0.29, 0.717) is 12.2 Å². The normalized spacial score (nSPS) is 11.8. The van der Waals surface area contributed by atoms with E-state index < -0.39 is 6.10 Å². The third kappa shape index (κ3) is 5.22. The molecule has 162 valence electrons. The lowest BCUT2D eigenvalue weighted by atomic mass is 9.98. The highest BCUT2D eigenvalue weighted by molar-refractivity contribution is 5.74. The molecule has 0 aliphatic rings. The molecular weight excluding hydrogens is 404 g/mol. The van der Waals surface area contributed by atoms with Crippen molar-refractivity contribution in [3.63, 3.8) is 0 Å². The van der Waals surface area contributed by atoms with Gasteiger partial charge in [-0.2, -0.15) is 5.21 Å². The van der Waals surface area contributed by atoms with Crippen molar-refractivity contribution in [3.8, 4) is 22.5 Å². The predicted octanol–water partition coefficient (Wildman–Crippen LogP) is 4.26. The molecule has 0 aliphatic carbocycles. The maximum atomic E-state index is 12.1. The Labute approximate surface area is 186 Å². The van der Waals surface area contributed by atoms with Crippen molar-refractivity contribution in [3.05, 3.63) is 84.2 Å². The van der Waals surface area contributed by atoms with Crippen LogP contribution in [0.5, 0.6) is 0 Å². The fraction of sp³-hybridized carbons (Fsp3) is 0.208. The Morgan fingerprint density at radius 2 is 1.75 bits per heavy atom. The molecule has 32 heavy (non-hydrogen) atoms. The molecule has 0 spiro atoms. The first-order chi connectivity index (χ1) is 15.7. The van der Waals surface area contributed by atoms with Crippen LogP contribution in [0.3, 0.4) is 0 Å². The number of hydrogen-bond acceptors (Lipinski definition) is 6. The third-order valence-corrected chi connectivity index (χ3v) is 5.04. The summed E-state index contributed by atoms with van der Waals surface area (Å²) < 4.78 is 0. The number of hydrogen-bond donors (Lipinski definition) is 2. The molecule has 1 atom stereocenters. The van der Waals surface area contributed by atoms with E-state index in [1.807, 2.05) is 60.7 Å². The number of nitrogens with zero attached hydrogens (tertiary/aromatic N) is 4. The number of amides is 1. The van der Waals surface area contributed by atoms with E-state index in [1.54, 1.807) is 12.4 Å². The lowest BCUT2D eigenvalue weighted by molar-refractivity contribution is -0.137. The number of pyridine rings is 1. The molecule has 8 heteroatoms. The minimum Gasteiger partial charge on any atom is -0.273 e. The summed E-state index contributed by atoms with van der Waals surface area (Å²) >= 11 is 0. The van der Waals surface area contributed by atoms with Crippen molar-refractivity contribution in [1.29, 1.82) is 0 Å². The fourth-order valence-corrected chi connectivity index (χ4v) is 3.32. The van der Waals surface area contributed by atoms with E-state index in [1.165, 1.54) is 0 Å². The molecule has 0 saturated heterocycles. The van der Waals surface area contributed by atoms with E-state index in [0.717, 1.165) is 40.7 Å². The molecule has 1 unspecified atom stereocenters. The third-order valence-electron chi connectivity index (χ3n) is 5.04. The molecule has 1 amide bonds. The number of benzene rings is 2. The summed E-state index contributed by atoms with van der Waals surface area (Å²) in [7, 11) is 0. The molecule has 0 fully saturated rings. The quantitative estimate of drug-likeness (QED) is 0.386. The lowest BCUT2D eigenvalue weighted by Gasteiger charge is -2.19. The van der Waals surface area contributed by atoms with Gasteiger partial charge in [-0.15, -0.1) is 10.2 Å². The van der Waals surface area contributed by atoms with Gasteiger partial charge in [0.05, 0.1) is 0 Å². The predicted molar refractivity (Wildman–Crippen MR) is 120 cm³/mol. The standard InChI is InChI=1S/C24H24N6O2/c1-2-3-9-22(31)28-32-23(18-7-5-4-6-8-18)19-12-10-17(11-13-19)20-14-21(16-25-15-20)24-26-29-30-27-24/h4-8,10-16,23H,2-3,9H2,1H3,(H,28,31)(H,26,27,29,30). The van der Waals surface area contributed by atoms with Gasteiger partial charge in [-0.3, -0.25) is 14.6 Å². The van der Waals surface area contributed by atoms with Crippen LogP contribution in [0.2, 0.25) is 0 Å². The second kappa shape index (κ2) is 10.4. The summed E-state index contributed by atoms with van der Waals surface area (Å²) in [5.74, 6) is 0.376. The number of unbranched alkanes of at least 4 members (excludes halogenated alkanes) is 1. The summed E-state index contributed by atoms with van der Waals surface area (Å²) in [6.07, 6.45) is 5.30. The Morgan fingerprint density at radius 3 is 2.47 bits per heavy atom. The van der Waals surface area contributed by atoms with Crippen LogP contribution in [0.15, 0.2) is 73.1 Å². The summed E-state index contributed by atoms with van der Waals surface area (Å²) in [6, 6.07) is 19.8. The molecule has 4 aromatic rings. The number of rotatable bonds is 9. The van der Waals surface area contributed by atoms with E-state index in [9.17, 15) is 4.79 Å². The van der Waals surface area contributed by atoms with Crippen LogP contribution < -0.4 is 5.48 Å². The Kier molecular flexibility index (Phi) is 6.94. The summed E-state index contributed by atoms with van der Waals surface area (Å²) in [4.78, 5) is 22.2. The topological polar surface area (TPSA) is 106 Å². The molecule has 0 aliphatic heterocycles. The van der Waals surface area contributed by atoms with Gasteiger partial charge in [0, 0.05) is 29.9 Å². The van der Waals surface area contributed by atoms with Gasteiger partial charge in [0.15, 0.2) is 0 Å². The van der Waals surface area contributed by atoms with E-state index in [4.69, 9.17) is 4.84 Å². The van der Waals surface area contributed by atoms with Crippen molar-refractivity contribution < 1.29 is 9.63 Å². The van der Waals surface area contributed by atoms with Gasteiger partial charge in [0.1, 0.15) is 6.10 Å². The SMILES string of the molecule is CCCCC(=O)NOC(c1ccccc1)c1ccc(-c2cncc(-c3nn[nH]n3)c2)cc1. The van der Waals surface area contributed by atoms with Gasteiger partial charge >= 0.3 is 0 Å². The van der Waals surface area contributed by atoms with Crippen molar-refractivity contribution in [2.75, 3.05) is 0 Å². The Morgan fingerprint density at radius 1 is 1.00 bits per heavy atom. The first-order valence-electron chi connectivity index (χ1n) is 10.5. The molecule has 2 N–H and O–H groups in total. The molecule has 0 saturated carbocycles. The van der Waals surface area contributed by atoms with Crippen molar-refractivity contribution in [2.24, 2.45) is 0 Å². The first-order valence-corrected chi connectivity index (χ1v) is 10.5. The fourth-order valence-electron chi connectivity index (χ4n) is 3.32. The van der Waals surface area contributed by atoms with Crippen molar-refractivity contribution in [1.82, 2.24) is 31.1 Å². The van der Waals surface area contributed by atoms with Gasteiger partial charge in [-0.1, -0.05) is 67.9 Å². The van der Waals surface area contributed by atoms with Crippen molar-refractivity contribution in [2.45, 2.75) is 32.3 Å². The second-order valence-corrected chi connectivity index (χ2v) is 7.36. The number of carbonyl (C=O) groups is 1. The second-order valence-electron chi connectivity index (χ2n) is 7.36. The van der Waals surface area contributed by atoms with Gasteiger partial charge in [0.2, 0.25) is 11.7 Å². The number of nitrogens with one attached hydrogen (secondary N) is 2. The van der Waals surface area contributed by atoms with Crippen LogP contribution in [-0.2, 0) is 9.63 Å². The summed E-state index contributed by atoms with van der Waals surface area (Å²) in [5, 5.41) is 14.1. The van der Waals surface area contributed by atoms with E-state index in [-0.39, 0.29) is 5.91 Å². The Hall–Kier alpha value is -3.91. The number of aromatic amines is 1. The first kappa shape index (κ1) is 21.3. The minimum absolute atomic E-state index is 0.117. The molecule has 8 nitrogen and oxygen atoms in total. The molecule has 2 aromatic heterocycles. The average molecular weight is 428 g/mol. The monoisotopic (exact) mass is 428 g/mol. The van der Waals surface area contributed by atoms with Crippen LogP contribution in [-0.4, -0.2) is 31.5 Å². The van der Waals surface area contributed by atoms with Crippen LogP contribution >= 0.6 is 0 Å². The highest BCUT2D eigenvalue weighted by atomic mass is 16.7. The van der Waals surface area contributed by atoms with Crippen LogP contribution in [0.1, 0.15) is 43.4 Å². The maximum Gasteiger partial charge on any atom is 0.243 e. The Bertz CT molecular complexity index is 1130.